The average molecular weight is 326 g/mol. The highest BCUT2D eigenvalue weighted by molar-refractivity contribution is 5.94. The van der Waals surface area contributed by atoms with Crippen molar-refractivity contribution in [1.82, 2.24) is 20.0 Å². The third kappa shape index (κ3) is 4.23. The zero-order chi connectivity index (χ0) is 16.8. The molecule has 1 aromatic carbocycles. The van der Waals surface area contributed by atoms with Crippen molar-refractivity contribution < 1.29 is 4.79 Å². The molecule has 3 rings (SSSR count). The molecule has 2 heterocycles. The smallest absolute Gasteiger partial charge is 0.251 e. The van der Waals surface area contributed by atoms with Crippen LogP contribution in [-0.2, 0) is 0 Å². The van der Waals surface area contributed by atoms with E-state index < -0.39 is 0 Å². The summed E-state index contributed by atoms with van der Waals surface area (Å²) >= 11 is 0. The van der Waals surface area contributed by atoms with Crippen LogP contribution in [0.5, 0.6) is 0 Å². The van der Waals surface area contributed by atoms with E-state index >= 15 is 0 Å². The van der Waals surface area contributed by atoms with E-state index in [4.69, 9.17) is 0 Å². The maximum Gasteiger partial charge on any atom is 0.251 e. The molecule has 1 aliphatic heterocycles. The second-order valence-electron chi connectivity index (χ2n) is 6.49. The Balaban J connectivity index is 1.43. The van der Waals surface area contributed by atoms with Crippen molar-refractivity contribution in [3.8, 4) is 5.69 Å². The Morgan fingerprint density at radius 1 is 1.29 bits per heavy atom. The zero-order valence-corrected chi connectivity index (χ0v) is 14.3. The number of hydrogen-bond acceptors (Lipinski definition) is 3. The van der Waals surface area contributed by atoms with Gasteiger partial charge in [-0.2, -0.15) is 5.10 Å². The molecule has 1 fully saturated rings. The fourth-order valence-electron chi connectivity index (χ4n) is 3.26. The van der Waals surface area contributed by atoms with Crippen LogP contribution in [0.3, 0.4) is 0 Å². The van der Waals surface area contributed by atoms with E-state index in [1.807, 2.05) is 36.5 Å². The fourth-order valence-corrected chi connectivity index (χ4v) is 3.26. The number of likely N-dealkylation sites (tertiary alicyclic amines) is 1. The van der Waals surface area contributed by atoms with Crippen LogP contribution in [0.4, 0.5) is 0 Å². The lowest BCUT2D eigenvalue weighted by Gasteiger charge is -2.33. The highest BCUT2D eigenvalue weighted by Gasteiger charge is 2.17. The Kier molecular flexibility index (Phi) is 5.64. The molecule has 5 nitrogen and oxygen atoms in total. The molecule has 1 saturated heterocycles. The summed E-state index contributed by atoms with van der Waals surface area (Å²) in [6.07, 6.45) is 8.58. The Labute approximate surface area is 143 Å². The van der Waals surface area contributed by atoms with Gasteiger partial charge >= 0.3 is 0 Å². The van der Waals surface area contributed by atoms with Crippen molar-refractivity contribution >= 4 is 5.91 Å². The highest BCUT2D eigenvalue weighted by Crippen LogP contribution is 2.16. The van der Waals surface area contributed by atoms with Gasteiger partial charge in [-0.3, -0.25) is 4.79 Å². The van der Waals surface area contributed by atoms with Crippen LogP contribution in [-0.4, -0.2) is 46.3 Å². The van der Waals surface area contributed by atoms with Crippen molar-refractivity contribution in [2.75, 3.05) is 19.6 Å². The summed E-state index contributed by atoms with van der Waals surface area (Å²) in [6, 6.07) is 10.1. The number of nitrogens with zero attached hydrogens (tertiary/aromatic N) is 3. The topological polar surface area (TPSA) is 50.2 Å². The second kappa shape index (κ2) is 8.11. The van der Waals surface area contributed by atoms with Crippen LogP contribution >= 0.6 is 0 Å². The highest BCUT2D eigenvalue weighted by atomic mass is 16.1. The minimum Gasteiger partial charge on any atom is -0.352 e. The van der Waals surface area contributed by atoms with E-state index in [0.29, 0.717) is 11.6 Å². The summed E-state index contributed by atoms with van der Waals surface area (Å²) in [7, 11) is 0. The fraction of sp³-hybridized carbons (Fsp3) is 0.474. The molecule has 0 radical (unpaired) electrons. The van der Waals surface area contributed by atoms with E-state index in [9.17, 15) is 4.79 Å². The third-order valence-corrected chi connectivity index (χ3v) is 4.75. The predicted octanol–water partition coefficient (Wildman–Crippen LogP) is 2.87. The number of carbonyl (C=O) groups is 1. The molecule has 1 unspecified atom stereocenters. The predicted molar refractivity (Wildman–Crippen MR) is 95.4 cm³/mol. The first-order valence-electron chi connectivity index (χ1n) is 8.86. The molecule has 1 N–H and O–H groups in total. The molecule has 1 amide bonds. The first-order chi connectivity index (χ1) is 11.7. The lowest BCUT2D eigenvalue weighted by molar-refractivity contribution is 0.0949. The van der Waals surface area contributed by atoms with Gasteiger partial charge < -0.3 is 10.2 Å². The van der Waals surface area contributed by atoms with Gasteiger partial charge in [-0.25, -0.2) is 4.68 Å². The minimum atomic E-state index is -0.00583. The quantitative estimate of drug-likeness (QED) is 0.831. The lowest BCUT2D eigenvalue weighted by atomic mass is 10.0. The van der Waals surface area contributed by atoms with Crippen molar-refractivity contribution in [2.45, 2.75) is 38.6 Å². The Morgan fingerprint density at radius 3 is 2.83 bits per heavy atom. The van der Waals surface area contributed by atoms with Gasteiger partial charge in [0.05, 0.1) is 5.69 Å². The van der Waals surface area contributed by atoms with Crippen molar-refractivity contribution in [3.05, 3.63) is 48.3 Å². The van der Waals surface area contributed by atoms with Gasteiger partial charge in [0.1, 0.15) is 0 Å². The molecule has 0 saturated carbocycles. The number of benzene rings is 1. The molecule has 5 heteroatoms. The van der Waals surface area contributed by atoms with E-state index in [-0.39, 0.29) is 5.91 Å². The van der Waals surface area contributed by atoms with Crippen LogP contribution in [0, 0.1) is 0 Å². The summed E-state index contributed by atoms with van der Waals surface area (Å²) in [5.74, 6) is -0.00583. The second-order valence-corrected chi connectivity index (χ2v) is 6.49. The van der Waals surface area contributed by atoms with E-state index in [2.05, 4.69) is 22.2 Å². The van der Waals surface area contributed by atoms with Gasteiger partial charge in [-0.05, 0) is 63.1 Å². The monoisotopic (exact) mass is 326 g/mol. The summed E-state index contributed by atoms with van der Waals surface area (Å²) in [5.41, 5.74) is 1.65. The van der Waals surface area contributed by atoms with E-state index in [1.54, 1.807) is 10.9 Å². The number of piperidine rings is 1. The van der Waals surface area contributed by atoms with Crippen LogP contribution in [0.1, 0.15) is 43.0 Å². The van der Waals surface area contributed by atoms with E-state index in [1.165, 1.54) is 25.8 Å². The maximum atomic E-state index is 12.2. The molecule has 1 atom stereocenters. The summed E-state index contributed by atoms with van der Waals surface area (Å²) in [5, 5.41) is 7.20. The number of nitrogens with one attached hydrogen (secondary N) is 1. The number of carbonyl (C=O) groups excluding carboxylic acids is 1. The molecule has 24 heavy (non-hydrogen) atoms. The molecule has 128 valence electrons. The SMILES string of the molecule is CC1CCCCN1CCCNC(=O)c1ccc(-n2cccn2)cc1. The first-order valence-corrected chi connectivity index (χ1v) is 8.86. The Bertz CT molecular complexity index is 636. The Hall–Kier alpha value is -2.14. The normalized spacial score (nSPS) is 18.5. The van der Waals surface area contributed by atoms with Gasteiger partial charge in [0.15, 0.2) is 0 Å². The number of hydrogen-bond donors (Lipinski definition) is 1. The zero-order valence-electron chi connectivity index (χ0n) is 14.3. The maximum absolute atomic E-state index is 12.2. The minimum absolute atomic E-state index is 0.00583. The summed E-state index contributed by atoms with van der Waals surface area (Å²) in [6.45, 7) is 5.30. The standard InChI is InChI=1S/C19H26N4O/c1-16-6-2-3-13-22(16)14-4-11-20-19(24)17-7-9-18(10-8-17)23-15-5-12-21-23/h5,7-10,12,15-16H,2-4,6,11,13-14H2,1H3,(H,20,24). The molecule has 1 aliphatic rings. The van der Waals surface area contributed by atoms with E-state index in [0.717, 1.165) is 25.2 Å². The summed E-state index contributed by atoms with van der Waals surface area (Å²) < 4.78 is 1.78. The van der Waals surface area contributed by atoms with Crippen molar-refractivity contribution in [2.24, 2.45) is 0 Å². The third-order valence-electron chi connectivity index (χ3n) is 4.75. The molecular formula is C19H26N4O. The molecule has 0 bridgehead atoms. The van der Waals surface area contributed by atoms with Gasteiger partial charge in [0, 0.05) is 37.1 Å². The lowest BCUT2D eigenvalue weighted by Crippen LogP contribution is -2.39. The van der Waals surface area contributed by atoms with Gasteiger partial charge in [0.25, 0.3) is 5.91 Å². The van der Waals surface area contributed by atoms with Crippen molar-refractivity contribution in [1.29, 1.82) is 0 Å². The molecular weight excluding hydrogens is 300 g/mol. The van der Waals surface area contributed by atoms with Gasteiger partial charge in [-0.15, -0.1) is 0 Å². The van der Waals surface area contributed by atoms with Crippen molar-refractivity contribution in [3.63, 3.8) is 0 Å². The van der Waals surface area contributed by atoms with Gasteiger partial charge in [0.2, 0.25) is 0 Å². The van der Waals surface area contributed by atoms with Crippen LogP contribution in [0.2, 0.25) is 0 Å². The number of aromatic nitrogens is 2. The summed E-state index contributed by atoms with van der Waals surface area (Å²) in [4.78, 5) is 14.7. The first kappa shape index (κ1) is 16.7. The molecule has 0 spiro atoms. The van der Waals surface area contributed by atoms with Crippen LogP contribution in [0.15, 0.2) is 42.7 Å². The largest absolute Gasteiger partial charge is 0.352 e. The molecule has 2 aromatic rings. The van der Waals surface area contributed by atoms with Crippen LogP contribution in [0.25, 0.3) is 5.69 Å². The van der Waals surface area contributed by atoms with Gasteiger partial charge in [-0.1, -0.05) is 6.42 Å². The molecule has 1 aromatic heterocycles. The average Bonchev–Trinajstić information content (AvgIpc) is 3.15. The number of rotatable bonds is 6. The van der Waals surface area contributed by atoms with Crippen LogP contribution < -0.4 is 5.32 Å². The molecule has 0 aliphatic carbocycles. The Morgan fingerprint density at radius 2 is 2.12 bits per heavy atom. The number of amides is 1.